The van der Waals surface area contributed by atoms with Gasteiger partial charge in [0, 0.05) is 70.5 Å². The Morgan fingerprint density at radius 3 is 1.79 bits per heavy atom. The average Bonchev–Trinajstić information content (AvgIpc) is 3.90. The van der Waals surface area contributed by atoms with Crippen LogP contribution < -0.4 is 22.2 Å². The highest BCUT2D eigenvalue weighted by Crippen LogP contribution is 2.31. The zero-order valence-corrected chi connectivity index (χ0v) is 31.8. The molecule has 268 valence electrons. The van der Waals surface area contributed by atoms with Gasteiger partial charge in [0.25, 0.3) is 11.1 Å². The first-order valence-corrected chi connectivity index (χ1v) is 19.0. The first-order valence-electron chi connectivity index (χ1n) is 16.8. The molecule has 0 aromatic carbocycles. The number of anilines is 3. The summed E-state index contributed by atoms with van der Waals surface area (Å²) in [6.07, 6.45) is 10.4. The molecule has 8 aromatic heterocycles. The van der Waals surface area contributed by atoms with Crippen LogP contribution in [-0.2, 0) is 0 Å². The van der Waals surface area contributed by atoms with Gasteiger partial charge in [-0.2, -0.15) is 22.7 Å². The molecular formula is C40H37ClN8O2S2. The highest BCUT2D eigenvalue weighted by Gasteiger charge is 2.15. The number of halogens is 1. The molecule has 8 aromatic rings. The van der Waals surface area contributed by atoms with E-state index in [0.29, 0.717) is 21.8 Å². The van der Waals surface area contributed by atoms with Crippen molar-refractivity contribution in [2.75, 3.05) is 11.1 Å². The Hall–Kier alpha value is -5.69. The number of nitrogens with zero attached hydrogens (tertiary/aromatic N) is 4. The molecular weight excluding hydrogens is 724 g/mol. The summed E-state index contributed by atoms with van der Waals surface area (Å²) in [5.74, 6) is 0.400. The Morgan fingerprint density at radius 1 is 0.679 bits per heavy atom. The van der Waals surface area contributed by atoms with Crippen LogP contribution in [0.5, 0.6) is 0 Å². The fourth-order valence-electron chi connectivity index (χ4n) is 5.61. The van der Waals surface area contributed by atoms with E-state index in [4.69, 9.17) is 17.3 Å². The zero-order chi connectivity index (χ0) is 37.5. The lowest BCUT2D eigenvalue weighted by atomic mass is 10.0. The topological polar surface area (TPSA) is 155 Å². The third-order valence-electron chi connectivity index (χ3n) is 8.30. The van der Waals surface area contributed by atoms with Crippen LogP contribution >= 0.6 is 34.3 Å². The van der Waals surface area contributed by atoms with Crippen LogP contribution in [0, 0.1) is 0 Å². The first-order chi connectivity index (χ1) is 25.6. The molecule has 5 N–H and O–H groups in total. The van der Waals surface area contributed by atoms with Crippen molar-refractivity contribution in [1.29, 1.82) is 0 Å². The number of pyridine rings is 6. The molecule has 53 heavy (non-hydrogen) atoms. The predicted molar refractivity (Wildman–Crippen MR) is 221 cm³/mol. The van der Waals surface area contributed by atoms with E-state index in [1.165, 1.54) is 0 Å². The van der Waals surface area contributed by atoms with E-state index in [1.54, 1.807) is 72.0 Å². The Morgan fingerprint density at radius 2 is 1.23 bits per heavy atom. The number of aromatic amines is 2. The molecule has 8 heterocycles. The standard InChI is InChI=1S/C20H18N4OS.C12H14N2OS.C8H5ClN2/c1-12(2)19-18(9-14(20(25)24-19)13-5-8-26-11-13)23-17-4-7-22-16-3-6-21-10-15(16)17;1-7(2)11-10(13)5-9(12(15)14-11)8-3-4-16-6-8;9-7-1-4-11-8-2-3-10-5-6(7)8/h3-12H,1-2H3,(H,22,23)(H,24,25);3-7H,13H2,1-2H3,(H,14,15);1-5H. The number of nitrogens with one attached hydrogen (secondary N) is 3. The summed E-state index contributed by atoms with van der Waals surface area (Å²) in [6, 6.07) is 15.0. The van der Waals surface area contributed by atoms with Crippen LogP contribution in [0.3, 0.4) is 0 Å². The van der Waals surface area contributed by atoms with Gasteiger partial charge in [0.15, 0.2) is 0 Å². The van der Waals surface area contributed by atoms with E-state index < -0.39 is 0 Å². The number of nitrogens with two attached hydrogens (primary N) is 1. The Balaban J connectivity index is 0.000000151. The number of hydrogen-bond acceptors (Lipinski definition) is 10. The molecule has 0 atom stereocenters. The third kappa shape index (κ3) is 8.69. The van der Waals surface area contributed by atoms with Crippen molar-refractivity contribution in [1.82, 2.24) is 29.9 Å². The lowest BCUT2D eigenvalue weighted by Crippen LogP contribution is -2.14. The summed E-state index contributed by atoms with van der Waals surface area (Å²) in [4.78, 5) is 47.0. The fraction of sp³-hybridized carbons (Fsp3) is 0.150. The quantitative estimate of drug-likeness (QED) is 0.131. The number of thiophene rings is 2. The Labute approximate surface area is 318 Å². The predicted octanol–water partition coefficient (Wildman–Crippen LogP) is 10.0. The van der Waals surface area contributed by atoms with Gasteiger partial charge in [-0.1, -0.05) is 39.3 Å². The van der Waals surface area contributed by atoms with Gasteiger partial charge < -0.3 is 21.0 Å². The molecule has 0 aliphatic rings. The number of nitrogen functional groups attached to an aromatic ring is 1. The van der Waals surface area contributed by atoms with Gasteiger partial charge in [0.2, 0.25) is 0 Å². The van der Waals surface area contributed by atoms with Gasteiger partial charge in [-0.25, -0.2) is 0 Å². The molecule has 8 rings (SSSR count). The van der Waals surface area contributed by atoms with E-state index in [1.807, 2.05) is 71.8 Å². The van der Waals surface area contributed by atoms with E-state index in [-0.39, 0.29) is 23.0 Å². The van der Waals surface area contributed by atoms with Crippen molar-refractivity contribution in [2.24, 2.45) is 0 Å². The summed E-state index contributed by atoms with van der Waals surface area (Å²) in [5, 5.41) is 13.9. The minimum atomic E-state index is -0.0729. The normalized spacial score (nSPS) is 10.9. The molecule has 0 unspecified atom stereocenters. The van der Waals surface area contributed by atoms with E-state index in [0.717, 1.165) is 55.7 Å². The molecule has 0 aliphatic carbocycles. The van der Waals surface area contributed by atoms with Crippen LogP contribution in [0.15, 0.2) is 117 Å². The molecule has 0 radical (unpaired) electrons. The molecule has 10 nitrogen and oxygen atoms in total. The second-order valence-corrected chi connectivity index (χ2v) is 14.6. The van der Waals surface area contributed by atoms with Crippen LogP contribution in [0.4, 0.5) is 17.1 Å². The highest BCUT2D eigenvalue weighted by molar-refractivity contribution is 7.08. The third-order valence-corrected chi connectivity index (χ3v) is 9.99. The maximum absolute atomic E-state index is 12.6. The second kappa shape index (κ2) is 16.8. The molecule has 0 bridgehead atoms. The molecule has 13 heteroatoms. The smallest absolute Gasteiger partial charge is 0.256 e. The number of fused-ring (bicyclic) bond motifs is 2. The Kier molecular flexibility index (Phi) is 11.7. The summed E-state index contributed by atoms with van der Waals surface area (Å²) >= 11 is 9.02. The zero-order valence-electron chi connectivity index (χ0n) is 29.4. The lowest BCUT2D eigenvalue weighted by molar-refractivity contribution is 0.820. The van der Waals surface area contributed by atoms with Crippen molar-refractivity contribution in [3.8, 4) is 22.3 Å². The molecule has 0 aliphatic heterocycles. The van der Waals surface area contributed by atoms with Crippen molar-refractivity contribution in [3.63, 3.8) is 0 Å². The van der Waals surface area contributed by atoms with Gasteiger partial charge in [0.05, 0.1) is 33.1 Å². The first kappa shape index (κ1) is 37.1. The number of H-pyrrole nitrogens is 2. The SMILES string of the molecule is CC(C)c1[nH]c(=O)c(-c2ccsc2)cc1N.CC(C)c1[nH]c(=O)c(-c2ccsc2)cc1Nc1ccnc2ccncc12.Clc1ccnc2ccncc12. The lowest BCUT2D eigenvalue weighted by Gasteiger charge is -2.16. The monoisotopic (exact) mass is 760 g/mol. The fourth-order valence-corrected chi connectivity index (χ4v) is 7.12. The maximum Gasteiger partial charge on any atom is 0.256 e. The van der Waals surface area contributed by atoms with E-state index in [9.17, 15) is 9.59 Å². The summed E-state index contributed by atoms with van der Waals surface area (Å²) in [6.45, 7) is 8.14. The van der Waals surface area contributed by atoms with Crippen LogP contribution in [0.1, 0.15) is 50.9 Å². The summed E-state index contributed by atoms with van der Waals surface area (Å²) in [7, 11) is 0. The average molecular weight is 761 g/mol. The van der Waals surface area contributed by atoms with Crippen molar-refractivity contribution >= 4 is 73.1 Å². The molecule has 0 saturated heterocycles. The van der Waals surface area contributed by atoms with Crippen molar-refractivity contribution in [3.05, 3.63) is 144 Å². The molecule has 0 amide bonds. The van der Waals surface area contributed by atoms with Gasteiger partial charge in [-0.3, -0.25) is 29.5 Å². The number of hydrogen-bond donors (Lipinski definition) is 4. The van der Waals surface area contributed by atoms with Gasteiger partial charge >= 0.3 is 0 Å². The Bertz CT molecular complexity index is 2570. The van der Waals surface area contributed by atoms with E-state index in [2.05, 4.69) is 49.1 Å². The van der Waals surface area contributed by atoms with Crippen molar-refractivity contribution in [2.45, 2.75) is 39.5 Å². The van der Waals surface area contributed by atoms with Crippen LogP contribution in [-0.4, -0.2) is 29.9 Å². The number of rotatable bonds is 6. The minimum Gasteiger partial charge on any atom is -0.397 e. The highest BCUT2D eigenvalue weighted by atomic mass is 35.5. The number of aromatic nitrogens is 6. The summed E-state index contributed by atoms with van der Waals surface area (Å²) < 4.78 is 0. The van der Waals surface area contributed by atoms with Gasteiger partial charge in [-0.05, 0) is 93.0 Å². The molecule has 0 spiro atoms. The van der Waals surface area contributed by atoms with Crippen LogP contribution in [0.2, 0.25) is 5.02 Å². The van der Waals surface area contributed by atoms with Crippen molar-refractivity contribution < 1.29 is 0 Å². The van der Waals surface area contributed by atoms with Gasteiger partial charge in [0.1, 0.15) is 0 Å². The maximum atomic E-state index is 12.6. The van der Waals surface area contributed by atoms with E-state index >= 15 is 0 Å². The molecule has 0 fully saturated rings. The molecule has 0 saturated carbocycles. The largest absolute Gasteiger partial charge is 0.397 e. The van der Waals surface area contributed by atoms with Gasteiger partial charge in [-0.15, -0.1) is 0 Å². The minimum absolute atomic E-state index is 0.0705. The summed E-state index contributed by atoms with van der Waals surface area (Å²) in [5.41, 5.74) is 14.8. The second-order valence-electron chi connectivity index (χ2n) is 12.6. The van der Waals surface area contributed by atoms with Crippen LogP contribution in [0.25, 0.3) is 44.1 Å².